The van der Waals surface area contributed by atoms with E-state index in [1.54, 1.807) is 0 Å². The fourth-order valence-electron chi connectivity index (χ4n) is 1.45. The van der Waals surface area contributed by atoms with Gasteiger partial charge in [-0.15, -0.1) is 0 Å². The minimum atomic E-state index is -4.76. The van der Waals surface area contributed by atoms with Gasteiger partial charge >= 0.3 is 5.76 Å². The molecule has 0 aliphatic rings. The lowest BCUT2D eigenvalue weighted by atomic mass is 10.1. The lowest BCUT2D eigenvalue weighted by Crippen LogP contribution is -2.41. The summed E-state index contributed by atoms with van der Waals surface area (Å²) in [6, 6.07) is 5.08. The Bertz CT molecular complexity index is 610. The number of sulfone groups is 1. The van der Waals surface area contributed by atoms with E-state index >= 15 is 0 Å². The summed E-state index contributed by atoms with van der Waals surface area (Å²) in [6.45, 7) is 5.51. The lowest BCUT2D eigenvalue weighted by Gasteiger charge is -2.20. The number of rotatable bonds is 5. The van der Waals surface area contributed by atoms with Crippen LogP contribution in [0.1, 0.15) is 20.8 Å². The molecule has 0 spiro atoms. The molecule has 5 nitrogen and oxygen atoms in total. The molecular weight excluding hydrogens is 302 g/mol. The average molecular weight is 320 g/mol. The number of hydrogen-bond acceptors (Lipinski definition) is 4. The fraction of sp³-hybridized carbons (Fsp3) is 0.462. The number of amides is 1. The molecule has 0 aromatic heterocycles. The molecule has 118 valence electrons. The van der Waals surface area contributed by atoms with E-state index in [0.29, 0.717) is 0 Å². The van der Waals surface area contributed by atoms with Crippen LogP contribution in [0, 0.1) is 0 Å². The van der Waals surface area contributed by atoms with Gasteiger partial charge in [-0.1, -0.05) is 12.1 Å². The number of carbonyl (C=O) groups excluding carboxylic acids is 1. The topological polar surface area (TPSA) is 75.3 Å². The highest BCUT2D eigenvalue weighted by Gasteiger charge is 2.29. The number of alkyl halides is 2. The molecule has 0 heterocycles. The first-order chi connectivity index (χ1) is 9.54. The first-order valence-electron chi connectivity index (χ1n) is 6.20. The summed E-state index contributed by atoms with van der Waals surface area (Å²) < 4.78 is 48.3. The van der Waals surface area contributed by atoms with Gasteiger partial charge < -0.3 is 10.6 Å². The Morgan fingerprint density at radius 3 is 2.33 bits per heavy atom. The summed E-state index contributed by atoms with van der Waals surface area (Å²) in [5, 5.41) is 5.24. The Morgan fingerprint density at radius 2 is 1.81 bits per heavy atom. The van der Waals surface area contributed by atoms with Crippen molar-refractivity contribution in [1.29, 1.82) is 0 Å². The third kappa shape index (κ3) is 5.05. The molecule has 21 heavy (non-hydrogen) atoms. The molecule has 0 saturated carbocycles. The maximum absolute atomic E-state index is 12.6. The Labute approximate surface area is 122 Å². The van der Waals surface area contributed by atoms with Crippen molar-refractivity contribution in [3.63, 3.8) is 0 Å². The molecule has 0 radical (unpaired) electrons. The van der Waals surface area contributed by atoms with Gasteiger partial charge in [0, 0.05) is 5.54 Å². The normalized spacial score (nSPS) is 12.5. The summed E-state index contributed by atoms with van der Waals surface area (Å²) in [5.41, 5.74) is -0.454. The molecule has 0 aliphatic carbocycles. The van der Waals surface area contributed by atoms with Crippen molar-refractivity contribution in [2.24, 2.45) is 0 Å². The molecule has 1 aromatic rings. The van der Waals surface area contributed by atoms with Crippen LogP contribution >= 0.6 is 0 Å². The van der Waals surface area contributed by atoms with Gasteiger partial charge in [-0.2, -0.15) is 8.78 Å². The zero-order chi connectivity index (χ0) is 16.3. The van der Waals surface area contributed by atoms with Gasteiger partial charge in [0.05, 0.1) is 17.1 Å². The highest BCUT2D eigenvalue weighted by molar-refractivity contribution is 7.91. The second kappa shape index (κ2) is 6.48. The summed E-state index contributed by atoms with van der Waals surface area (Å²) in [5.74, 6) is -4.05. The van der Waals surface area contributed by atoms with Crippen molar-refractivity contribution in [3.05, 3.63) is 24.3 Å². The third-order valence-electron chi connectivity index (χ3n) is 2.48. The molecule has 2 N–H and O–H groups in total. The van der Waals surface area contributed by atoms with E-state index in [-0.39, 0.29) is 17.8 Å². The predicted octanol–water partition coefficient (Wildman–Crippen LogP) is 2.01. The number of hydrogen-bond donors (Lipinski definition) is 2. The molecule has 0 atom stereocenters. The quantitative estimate of drug-likeness (QED) is 0.870. The average Bonchev–Trinajstić information content (AvgIpc) is 2.36. The van der Waals surface area contributed by atoms with Crippen LogP contribution in [0.2, 0.25) is 0 Å². The number of nitrogens with one attached hydrogen (secondary N) is 2. The Kier molecular flexibility index (Phi) is 5.41. The van der Waals surface area contributed by atoms with Crippen LogP contribution in [0.3, 0.4) is 0 Å². The Hall–Kier alpha value is -1.54. The largest absolute Gasteiger partial charge is 0.341 e. The third-order valence-corrected chi connectivity index (χ3v) is 3.92. The molecule has 0 bridgehead atoms. The van der Waals surface area contributed by atoms with Crippen LogP contribution in [-0.2, 0) is 14.6 Å². The van der Waals surface area contributed by atoms with Gasteiger partial charge in [0.2, 0.25) is 15.7 Å². The van der Waals surface area contributed by atoms with Crippen LogP contribution in [0.15, 0.2) is 29.2 Å². The fourth-order valence-corrected chi connectivity index (χ4v) is 2.34. The lowest BCUT2D eigenvalue weighted by molar-refractivity contribution is -0.115. The number of para-hydroxylation sites is 1. The summed E-state index contributed by atoms with van der Waals surface area (Å²) in [6.07, 6.45) is 0. The highest BCUT2D eigenvalue weighted by atomic mass is 32.2. The van der Waals surface area contributed by atoms with E-state index in [4.69, 9.17) is 0 Å². The number of anilines is 1. The molecule has 1 amide bonds. The molecule has 0 fully saturated rings. The van der Waals surface area contributed by atoms with Gasteiger partial charge in [-0.25, -0.2) is 8.42 Å². The molecule has 0 aliphatic heterocycles. The number of benzene rings is 1. The molecular formula is C13H18F2N2O3S. The Morgan fingerprint density at radius 1 is 1.24 bits per heavy atom. The zero-order valence-electron chi connectivity index (χ0n) is 12.0. The van der Waals surface area contributed by atoms with Gasteiger partial charge in [-0.3, -0.25) is 4.79 Å². The molecule has 8 heteroatoms. The van der Waals surface area contributed by atoms with Crippen molar-refractivity contribution in [2.75, 3.05) is 11.9 Å². The van der Waals surface area contributed by atoms with E-state index in [9.17, 15) is 22.0 Å². The van der Waals surface area contributed by atoms with Crippen LogP contribution < -0.4 is 10.6 Å². The first-order valence-corrected chi connectivity index (χ1v) is 7.74. The maximum atomic E-state index is 12.6. The minimum Gasteiger partial charge on any atom is -0.324 e. The summed E-state index contributed by atoms with van der Waals surface area (Å²) >= 11 is 0. The molecule has 0 saturated heterocycles. The summed E-state index contributed by atoms with van der Waals surface area (Å²) in [4.78, 5) is 11.2. The van der Waals surface area contributed by atoms with Crippen LogP contribution in [0.25, 0.3) is 0 Å². The van der Waals surface area contributed by atoms with E-state index in [1.165, 1.54) is 18.2 Å². The first kappa shape index (κ1) is 17.5. The zero-order valence-corrected chi connectivity index (χ0v) is 12.8. The second-order valence-corrected chi connectivity index (χ2v) is 7.34. The van der Waals surface area contributed by atoms with E-state index < -0.39 is 26.4 Å². The van der Waals surface area contributed by atoms with Crippen molar-refractivity contribution in [1.82, 2.24) is 5.32 Å². The Balaban J connectivity index is 2.93. The molecule has 1 rings (SSSR count). The minimum absolute atomic E-state index is 0.0629. The van der Waals surface area contributed by atoms with E-state index in [2.05, 4.69) is 10.6 Å². The standard InChI is InChI=1S/C13H18F2N2O3S/c1-13(2,3)16-8-11(18)17-9-6-4-5-7-10(9)21(19,20)12(14)15/h4-7,12,16H,8H2,1-3H3,(H,17,18). The highest BCUT2D eigenvalue weighted by Crippen LogP contribution is 2.25. The second-order valence-electron chi connectivity index (χ2n) is 5.45. The number of carbonyl (C=O) groups is 1. The van der Waals surface area contributed by atoms with Crippen LogP contribution in [0.4, 0.5) is 14.5 Å². The van der Waals surface area contributed by atoms with Gasteiger partial charge in [0.25, 0.3) is 0 Å². The van der Waals surface area contributed by atoms with Gasteiger partial charge in [0.1, 0.15) is 0 Å². The van der Waals surface area contributed by atoms with Crippen molar-refractivity contribution in [2.45, 2.75) is 37.0 Å². The van der Waals surface area contributed by atoms with Gasteiger partial charge in [-0.05, 0) is 32.9 Å². The smallest absolute Gasteiger partial charge is 0.324 e. The monoisotopic (exact) mass is 320 g/mol. The van der Waals surface area contributed by atoms with Crippen LogP contribution in [-0.4, -0.2) is 32.2 Å². The maximum Gasteiger partial charge on any atom is 0.341 e. The summed E-state index contributed by atoms with van der Waals surface area (Å²) in [7, 11) is -4.76. The van der Waals surface area contributed by atoms with E-state index in [0.717, 1.165) is 6.07 Å². The van der Waals surface area contributed by atoms with Crippen molar-refractivity contribution in [3.8, 4) is 0 Å². The van der Waals surface area contributed by atoms with Crippen LogP contribution in [0.5, 0.6) is 0 Å². The SMILES string of the molecule is CC(C)(C)NCC(=O)Nc1ccccc1S(=O)(=O)C(F)F. The van der Waals surface area contributed by atoms with Crippen molar-refractivity contribution < 1.29 is 22.0 Å². The van der Waals surface area contributed by atoms with Crippen molar-refractivity contribution >= 4 is 21.4 Å². The van der Waals surface area contributed by atoms with Gasteiger partial charge in [0.15, 0.2) is 0 Å². The number of halogens is 2. The predicted molar refractivity (Wildman–Crippen MR) is 76.0 cm³/mol. The molecule has 1 aromatic carbocycles. The van der Waals surface area contributed by atoms with E-state index in [1.807, 2.05) is 20.8 Å². The molecule has 0 unspecified atom stereocenters.